The number of benzene rings is 2. The van der Waals surface area contributed by atoms with E-state index in [1.807, 2.05) is 0 Å². The van der Waals surface area contributed by atoms with Crippen molar-refractivity contribution in [2.75, 3.05) is 0 Å². The number of unbranched alkanes of at least 4 members (excludes halogenated alkanes) is 8. The Balaban J connectivity index is 1.19. The zero-order valence-electron chi connectivity index (χ0n) is 24.9. The van der Waals surface area contributed by atoms with Crippen LogP contribution in [0.4, 0.5) is 0 Å². The summed E-state index contributed by atoms with van der Waals surface area (Å²) in [5.74, 6) is 2.69. The first-order valence-corrected chi connectivity index (χ1v) is 16.7. The van der Waals surface area contributed by atoms with Gasteiger partial charge >= 0.3 is 0 Å². The van der Waals surface area contributed by atoms with Gasteiger partial charge in [0, 0.05) is 0 Å². The average Bonchev–Trinajstić information content (AvgIpc) is 2.98. The zero-order valence-corrected chi connectivity index (χ0v) is 24.9. The summed E-state index contributed by atoms with van der Waals surface area (Å²) in [4.78, 5) is 0. The van der Waals surface area contributed by atoms with Gasteiger partial charge in [-0.05, 0) is 90.5 Å². The monoisotopic (exact) mass is 512 g/mol. The summed E-state index contributed by atoms with van der Waals surface area (Å²) in [5, 5.41) is 0. The Morgan fingerprint density at radius 2 is 1.05 bits per heavy atom. The molecule has 0 saturated heterocycles. The van der Waals surface area contributed by atoms with E-state index in [0.717, 1.165) is 17.8 Å². The van der Waals surface area contributed by atoms with Crippen LogP contribution in [0, 0.1) is 11.8 Å². The van der Waals surface area contributed by atoms with Crippen LogP contribution in [0.2, 0.25) is 0 Å². The largest absolute Gasteiger partial charge is 0.0804 e. The van der Waals surface area contributed by atoms with E-state index in [1.54, 1.807) is 11.1 Å². The standard InChI is InChI=1S/C38H56/c1-3-5-7-8-9-10-12-14-32-17-21-34(22-18-32)36-25-29-38(30-26-36)37-27-23-35(24-28-37)33-19-15-31(16-20-33)13-11-6-4-2/h19,23-32,34H,3-18,20-22H2,1-2H3. The molecule has 2 aromatic rings. The predicted molar refractivity (Wildman–Crippen MR) is 169 cm³/mol. The Morgan fingerprint density at radius 3 is 1.68 bits per heavy atom. The highest BCUT2D eigenvalue weighted by atomic mass is 14.3. The van der Waals surface area contributed by atoms with Gasteiger partial charge in [-0.3, -0.25) is 0 Å². The molecule has 0 nitrogen and oxygen atoms in total. The summed E-state index contributed by atoms with van der Waals surface area (Å²) in [5.41, 5.74) is 7.29. The quantitative estimate of drug-likeness (QED) is 0.208. The van der Waals surface area contributed by atoms with Crippen molar-refractivity contribution in [1.29, 1.82) is 0 Å². The van der Waals surface area contributed by atoms with Gasteiger partial charge in [-0.1, -0.05) is 146 Å². The molecule has 0 bridgehead atoms. The Kier molecular flexibility index (Phi) is 12.5. The average molecular weight is 513 g/mol. The lowest BCUT2D eigenvalue weighted by atomic mass is 9.77. The van der Waals surface area contributed by atoms with E-state index in [9.17, 15) is 0 Å². The molecular weight excluding hydrogens is 456 g/mol. The lowest BCUT2D eigenvalue weighted by molar-refractivity contribution is 0.302. The maximum atomic E-state index is 2.54. The molecule has 0 amide bonds. The van der Waals surface area contributed by atoms with E-state index in [2.05, 4.69) is 68.5 Å². The summed E-state index contributed by atoms with van der Waals surface area (Å²) in [6.07, 6.45) is 29.2. The third kappa shape index (κ3) is 9.14. The minimum Gasteiger partial charge on any atom is -0.0804 e. The van der Waals surface area contributed by atoms with Crippen molar-refractivity contribution in [2.45, 2.75) is 142 Å². The topological polar surface area (TPSA) is 0 Å². The summed E-state index contributed by atoms with van der Waals surface area (Å²) in [6.45, 7) is 4.61. The van der Waals surface area contributed by atoms with E-state index in [4.69, 9.17) is 0 Å². The van der Waals surface area contributed by atoms with Gasteiger partial charge in [-0.2, -0.15) is 0 Å². The Hall–Kier alpha value is -1.82. The van der Waals surface area contributed by atoms with Crippen molar-refractivity contribution in [3.05, 3.63) is 65.7 Å². The third-order valence-electron chi connectivity index (χ3n) is 9.77. The predicted octanol–water partition coefficient (Wildman–Crippen LogP) is 12.5. The molecule has 2 aromatic carbocycles. The second-order valence-corrected chi connectivity index (χ2v) is 12.7. The van der Waals surface area contributed by atoms with E-state index < -0.39 is 0 Å². The van der Waals surface area contributed by atoms with Crippen LogP contribution < -0.4 is 0 Å². The van der Waals surface area contributed by atoms with Crippen LogP contribution in [0.15, 0.2) is 54.6 Å². The molecule has 0 N–H and O–H groups in total. The molecule has 4 rings (SSSR count). The first-order chi connectivity index (χ1) is 18.8. The number of hydrogen-bond acceptors (Lipinski definition) is 0. The fraction of sp³-hybridized carbons (Fsp3) is 0.632. The molecule has 0 spiro atoms. The smallest absolute Gasteiger partial charge is 0.0162 e. The van der Waals surface area contributed by atoms with Crippen LogP contribution in [0.25, 0.3) is 16.7 Å². The SMILES string of the molecule is CCCCCCCCCC1CCC(c2ccc(-c3ccc(C4=CCC(CCCCC)CC4)cc3)cc2)CC1. The highest BCUT2D eigenvalue weighted by Gasteiger charge is 2.22. The molecule has 1 fully saturated rings. The van der Waals surface area contributed by atoms with Gasteiger partial charge in [0.25, 0.3) is 0 Å². The third-order valence-corrected chi connectivity index (χ3v) is 9.77. The summed E-state index contributed by atoms with van der Waals surface area (Å²) in [7, 11) is 0. The van der Waals surface area contributed by atoms with E-state index in [-0.39, 0.29) is 0 Å². The molecule has 1 atom stereocenters. The summed E-state index contributed by atoms with van der Waals surface area (Å²) in [6, 6.07) is 19.0. The van der Waals surface area contributed by atoms with Gasteiger partial charge in [0.15, 0.2) is 0 Å². The normalized spacial score (nSPS) is 21.8. The van der Waals surface area contributed by atoms with Crippen molar-refractivity contribution in [3.63, 3.8) is 0 Å². The van der Waals surface area contributed by atoms with Crippen LogP contribution in [-0.2, 0) is 0 Å². The molecule has 2 aliphatic rings. The molecule has 0 heterocycles. The molecule has 208 valence electrons. The second-order valence-electron chi connectivity index (χ2n) is 12.7. The van der Waals surface area contributed by atoms with Crippen molar-refractivity contribution in [3.8, 4) is 11.1 Å². The molecule has 2 aliphatic carbocycles. The first kappa shape index (κ1) is 29.2. The van der Waals surface area contributed by atoms with Gasteiger partial charge < -0.3 is 0 Å². The van der Waals surface area contributed by atoms with E-state index in [0.29, 0.717) is 0 Å². The second kappa shape index (κ2) is 16.3. The van der Waals surface area contributed by atoms with Gasteiger partial charge in [-0.15, -0.1) is 0 Å². The number of hydrogen-bond donors (Lipinski definition) is 0. The number of rotatable bonds is 15. The maximum absolute atomic E-state index is 2.54. The summed E-state index contributed by atoms with van der Waals surface area (Å²) < 4.78 is 0. The van der Waals surface area contributed by atoms with Crippen LogP contribution >= 0.6 is 0 Å². The first-order valence-electron chi connectivity index (χ1n) is 16.7. The minimum absolute atomic E-state index is 0.778. The van der Waals surface area contributed by atoms with Crippen LogP contribution in [-0.4, -0.2) is 0 Å². The fourth-order valence-corrected chi connectivity index (χ4v) is 7.09. The van der Waals surface area contributed by atoms with Crippen molar-refractivity contribution in [2.24, 2.45) is 11.8 Å². The Bertz CT molecular complexity index is 923. The van der Waals surface area contributed by atoms with E-state index in [1.165, 1.54) is 139 Å². The Labute approximate surface area is 235 Å². The van der Waals surface area contributed by atoms with Crippen molar-refractivity contribution >= 4 is 5.57 Å². The van der Waals surface area contributed by atoms with Gasteiger partial charge in [-0.25, -0.2) is 0 Å². The molecule has 0 aliphatic heterocycles. The molecule has 0 radical (unpaired) electrons. The summed E-state index contributed by atoms with van der Waals surface area (Å²) >= 11 is 0. The minimum atomic E-state index is 0.778. The maximum Gasteiger partial charge on any atom is -0.0162 e. The lowest BCUT2D eigenvalue weighted by Gasteiger charge is -2.29. The van der Waals surface area contributed by atoms with Crippen LogP contribution in [0.5, 0.6) is 0 Å². The molecule has 0 heteroatoms. The Morgan fingerprint density at radius 1 is 0.526 bits per heavy atom. The van der Waals surface area contributed by atoms with Gasteiger partial charge in [0.2, 0.25) is 0 Å². The fourth-order valence-electron chi connectivity index (χ4n) is 7.09. The molecule has 1 saturated carbocycles. The van der Waals surface area contributed by atoms with E-state index >= 15 is 0 Å². The molecule has 1 unspecified atom stereocenters. The molecule has 38 heavy (non-hydrogen) atoms. The highest BCUT2D eigenvalue weighted by Crippen LogP contribution is 2.39. The molecular formula is C38H56. The molecule has 0 aromatic heterocycles. The lowest BCUT2D eigenvalue weighted by Crippen LogP contribution is -2.13. The van der Waals surface area contributed by atoms with Crippen LogP contribution in [0.3, 0.4) is 0 Å². The highest BCUT2D eigenvalue weighted by molar-refractivity contribution is 5.71. The zero-order chi connectivity index (χ0) is 26.4. The van der Waals surface area contributed by atoms with Crippen molar-refractivity contribution < 1.29 is 0 Å². The van der Waals surface area contributed by atoms with Crippen molar-refractivity contribution in [1.82, 2.24) is 0 Å². The van der Waals surface area contributed by atoms with Gasteiger partial charge in [0.1, 0.15) is 0 Å². The number of allylic oxidation sites excluding steroid dienone is 2. The van der Waals surface area contributed by atoms with Gasteiger partial charge in [0.05, 0.1) is 0 Å². The van der Waals surface area contributed by atoms with Crippen LogP contribution in [0.1, 0.15) is 153 Å².